The van der Waals surface area contributed by atoms with E-state index >= 15 is 0 Å². The van der Waals surface area contributed by atoms with Crippen LogP contribution >= 0.6 is 0 Å². The number of aryl methyl sites for hydroxylation is 1. The largest absolute Gasteiger partial charge is 0.497 e. The van der Waals surface area contributed by atoms with E-state index < -0.39 is 0 Å². The Morgan fingerprint density at radius 1 is 1.42 bits per heavy atom. The van der Waals surface area contributed by atoms with E-state index in [1.54, 1.807) is 7.11 Å². The lowest BCUT2D eigenvalue weighted by Gasteiger charge is -2.29. The van der Waals surface area contributed by atoms with E-state index in [1.165, 1.54) is 0 Å². The number of pyridine rings is 1. The second kappa shape index (κ2) is 8.47. The minimum absolute atomic E-state index is 0.0793. The van der Waals surface area contributed by atoms with Crippen molar-refractivity contribution in [2.45, 2.75) is 32.3 Å². The van der Waals surface area contributed by atoms with E-state index in [2.05, 4.69) is 15.2 Å². The summed E-state index contributed by atoms with van der Waals surface area (Å²) in [6.07, 6.45) is 2.60. The topological polar surface area (TPSA) is 74.7 Å². The summed E-state index contributed by atoms with van der Waals surface area (Å²) in [7, 11) is 1.62. The number of hydrogen-bond donors (Lipinski definition) is 2. The van der Waals surface area contributed by atoms with E-state index in [-0.39, 0.29) is 12.0 Å². The third-order valence-corrected chi connectivity index (χ3v) is 4.81. The van der Waals surface area contributed by atoms with Gasteiger partial charge in [-0.15, -0.1) is 0 Å². The molecule has 1 fully saturated rings. The zero-order valence-electron chi connectivity index (χ0n) is 15.5. The number of rotatable bonds is 6. The number of aromatic nitrogens is 1. The lowest BCUT2D eigenvalue weighted by molar-refractivity contribution is 0.0697. The normalized spacial score (nSPS) is 18.0. The molecule has 1 atom stereocenters. The van der Waals surface area contributed by atoms with Gasteiger partial charge in [0.1, 0.15) is 5.75 Å². The number of β-amino-alcohol motifs (C(OH)–C–C–N with tert-alkyl or cyclic N) is 1. The quantitative estimate of drug-likeness (QED) is 0.775. The Bertz CT molecular complexity index is 778. The number of benzene rings is 1. The number of piperidine rings is 1. The number of amides is 1. The molecule has 140 valence electrons. The number of nitrogens with one attached hydrogen (secondary N) is 1. The van der Waals surface area contributed by atoms with Gasteiger partial charge in [-0.25, -0.2) is 0 Å². The average molecular weight is 357 g/mol. The van der Waals surface area contributed by atoms with Crippen molar-refractivity contribution in [2.75, 3.05) is 33.3 Å². The van der Waals surface area contributed by atoms with Crippen LogP contribution in [0.4, 0.5) is 0 Å². The molecular weight excluding hydrogens is 330 g/mol. The van der Waals surface area contributed by atoms with Gasteiger partial charge in [-0.05, 0) is 57.5 Å². The average Bonchev–Trinajstić information content (AvgIpc) is 2.63. The standard InChI is InChI=1S/C20H27N3O3/c1-14-11-18(17-7-6-16(26-2)12-19(17)22-14)20(25)21-8-4-10-23-9-3-5-15(24)13-23/h6-7,11-12,15,24H,3-5,8-10,13H2,1-2H3,(H,21,25)/t15-/m1/s1. The molecule has 1 aliphatic heterocycles. The maximum Gasteiger partial charge on any atom is 0.252 e. The summed E-state index contributed by atoms with van der Waals surface area (Å²) in [6, 6.07) is 7.40. The Kier molecular flexibility index (Phi) is 6.06. The predicted octanol–water partition coefficient (Wildman–Crippen LogP) is 2.13. The van der Waals surface area contributed by atoms with Crippen LogP contribution in [0.25, 0.3) is 10.9 Å². The lowest BCUT2D eigenvalue weighted by Crippen LogP contribution is -2.39. The number of aliphatic hydroxyl groups is 1. The zero-order chi connectivity index (χ0) is 18.5. The highest BCUT2D eigenvalue weighted by molar-refractivity contribution is 6.06. The molecular formula is C20H27N3O3. The zero-order valence-corrected chi connectivity index (χ0v) is 15.5. The maximum atomic E-state index is 12.6. The molecule has 1 aromatic carbocycles. The molecule has 2 aromatic rings. The lowest BCUT2D eigenvalue weighted by atomic mass is 10.1. The van der Waals surface area contributed by atoms with Crippen molar-refractivity contribution in [2.24, 2.45) is 0 Å². The number of carbonyl (C=O) groups excluding carboxylic acids is 1. The van der Waals surface area contributed by atoms with E-state index in [9.17, 15) is 9.90 Å². The first kappa shape index (κ1) is 18.6. The monoisotopic (exact) mass is 357 g/mol. The third kappa shape index (κ3) is 4.51. The van der Waals surface area contributed by atoms with Crippen molar-refractivity contribution < 1.29 is 14.6 Å². The first-order valence-corrected chi connectivity index (χ1v) is 9.21. The van der Waals surface area contributed by atoms with E-state index in [1.807, 2.05) is 31.2 Å². The second-order valence-corrected chi connectivity index (χ2v) is 6.90. The number of fused-ring (bicyclic) bond motifs is 1. The number of nitrogens with zero attached hydrogens (tertiary/aromatic N) is 2. The molecule has 1 aromatic heterocycles. The highest BCUT2D eigenvalue weighted by Gasteiger charge is 2.17. The fourth-order valence-corrected chi connectivity index (χ4v) is 3.49. The van der Waals surface area contributed by atoms with Gasteiger partial charge in [0.05, 0.1) is 24.3 Å². The van der Waals surface area contributed by atoms with Gasteiger partial charge in [0.25, 0.3) is 5.91 Å². The molecule has 3 rings (SSSR count). The van der Waals surface area contributed by atoms with Crippen molar-refractivity contribution in [1.29, 1.82) is 0 Å². The van der Waals surface area contributed by atoms with Gasteiger partial charge in [0.2, 0.25) is 0 Å². The smallest absolute Gasteiger partial charge is 0.252 e. The van der Waals surface area contributed by atoms with Crippen LogP contribution < -0.4 is 10.1 Å². The summed E-state index contributed by atoms with van der Waals surface area (Å²) in [5.74, 6) is 0.648. The first-order chi connectivity index (χ1) is 12.6. The predicted molar refractivity (Wildman–Crippen MR) is 102 cm³/mol. The van der Waals surface area contributed by atoms with E-state index in [0.29, 0.717) is 12.1 Å². The van der Waals surface area contributed by atoms with Crippen LogP contribution in [-0.2, 0) is 0 Å². The van der Waals surface area contributed by atoms with Gasteiger partial charge in [0.15, 0.2) is 0 Å². The molecule has 6 heteroatoms. The van der Waals surface area contributed by atoms with Gasteiger partial charge >= 0.3 is 0 Å². The molecule has 1 saturated heterocycles. The highest BCUT2D eigenvalue weighted by Crippen LogP contribution is 2.23. The first-order valence-electron chi connectivity index (χ1n) is 9.21. The molecule has 0 spiro atoms. The Labute approximate surface area is 154 Å². The van der Waals surface area contributed by atoms with Crippen LogP contribution in [0, 0.1) is 6.92 Å². The number of carbonyl (C=O) groups is 1. The fourth-order valence-electron chi connectivity index (χ4n) is 3.49. The summed E-state index contributed by atoms with van der Waals surface area (Å²) in [5, 5.41) is 13.5. The molecule has 26 heavy (non-hydrogen) atoms. The molecule has 0 bridgehead atoms. The van der Waals surface area contributed by atoms with Crippen LogP contribution in [0.5, 0.6) is 5.75 Å². The van der Waals surface area contributed by atoms with Crippen molar-refractivity contribution in [1.82, 2.24) is 15.2 Å². The molecule has 0 aliphatic carbocycles. The fraction of sp³-hybridized carbons (Fsp3) is 0.500. The maximum absolute atomic E-state index is 12.6. The minimum Gasteiger partial charge on any atom is -0.497 e. The van der Waals surface area contributed by atoms with Gasteiger partial charge in [-0.2, -0.15) is 0 Å². The summed E-state index contributed by atoms with van der Waals surface area (Å²) in [4.78, 5) is 19.4. The van der Waals surface area contributed by atoms with Gasteiger partial charge in [-0.3, -0.25) is 9.78 Å². The van der Waals surface area contributed by atoms with Crippen molar-refractivity contribution in [3.8, 4) is 5.75 Å². The Hall–Kier alpha value is -2.18. The molecule has 0 unspecified atom stereocenters. The van der Waals surface area contributed by atoms with E-state index in [4.69, 9.17) is 4.74 Å². The number of aliphatic hydroxyl groups excluding tert-OH is 1. The number of hydrogen-bond acceptors (Lipinski definition) is 5. The molecule has 1 amide bonds. The summed E-state index contributed by atoms with van der Waals surface area (Å²) < 4.78 is 5.24. The summed E-state index contributed by atoms with van der Waals surface area (Å²) in [5.41, 5.74) is 2.21. The van der Waals surface area contributed by atoms with Crippen LogP contribution in [0.15, 0.2) is 24.3 Å². The van der Waals surface area contributed by atoms with Gasteiger partial charge in [0, 0.05) is 30.2 Å². The molecule has 0 saturated carbocycles. The third-order valence-electron chi connectivity index (χ3n) is 4.81. The molecule has 2 N–H and O–H groups in total. The van der Waals surface area contributed by atoms with Gasteiger partial charge in [-0.1, -0.05) is 0 Å². The number of methoxy groups -OCH3 is 1. The van der Waals surface area contributed by atoms with E-state index in [0.717, 1.165) is 61.2 Å². The van der Waals surface area contributed by atoms with Crippen LogP contribution in [0.3, 0.4) is 0 Å². The molecule has 6 nitrogen and oxygen atoms in total. The van der Waals surface area contributed by atoms with Crippen LogP contribution in [0.2, 0.25) is 0 Å². The minimum atomic E-state index is -0.207. The molecule has 1 aliphatic rings. The number of likely N-dealkylation sites (tertiary alicyclic amines) is 1. The Morgan fingerprint density at radius 2 is 2.27 bits per heavy atom. The number of ether oxygens (including phenoxy) is 1. The highest BCUT2D eigenvalue weighted by atomic mass is 16.5. The van der Waals surface area contributed by atoms with Crippen LogP contribution in [0.1, 0.15) is 35.3 Å². The molecule has 0 radical (unpaired) electrons. The molecule has 2 heterocycles. The Balaban J connectivity index is 1.60. The van der Waals surface area contributed by atoms with Crippen LogP contribution in [-0.4, -0.2) is 60.3 Å². The summed E-state index contributed by atoms with van der Waals surface area (Å²) in [6.45, 7) is 5.16. The Morgan fingerprint density at radius 3 is 3.04 bits per heavy atom. The van der Waals surface area contributed by atoms with Crippen molar-refractivity contribution >= 4 is 16.8 Å². The van der Waals surface area contributed by atoms with Crippen molar-refractivity contribution in [3.63, 3.8) is 0 Å². The van der Waals surface area contributed by atoms with Crippen molar-refractivity contribution in [3.05, 3.63) is 35.5 Å². The summed E-state index contributed by atoms with van der Waals surface area (Å²) >= 11 is 0. The van der Waals surface area contributed by atoms with Gasteiger partial charge < -0.3 is 20.1 Å². The second-order valence-electron chi connectivity index (χ2n) is 6.90. The SMILES string of the molecule is COc1ccc2c(C(=O)NCCCN3CCC[C@@H](O)C3)cc(C)nc2c1.